The number of fused-ring (bicyclic) bond motifs is 3. The summed E-state index contributed by atoms with van der Waals surface area (Å²) in [5.41, 5.74) is 0.946. The summed E-state index contributed by atoms with van der Waals surface area (Å²) in [5.74, 6) is 0.162. The molecule has 0 aliphatic carbocycles. The number of phenols is 1. The van der Waals surface area contributed by atoms with Gasteiger partial charge in [0.25, 0.3) is 0 Å². The van der Waals surface area contributed by atoms with E-state index >= 15 is 4.39 Å². The van der Waals surface area contributed by atoms with Crippen LogP contribution in [0.25, 0.3) is 32.9 Å². The molecule has 0 amide bonds. The molecule has 3 saturated heterocycles. The summed E-state index contributed by atoms with van der Waals surface area (Å²) in [6, 6.07) is 6.20. The highest BCUT2D eigenvalue weighted by Gasteiger charge is 2.45. The lowest BCUT2D eigenvalue weighted by Crippen LogP contribution is -2.43. The summed E-state index contributed by atoms with van der Waals surface area (Å²) < 4.78 is 38.2. The van der Waals surface area contributed by atoms with Gasteiger partial charge in [0.1, 0.15) is 35.2 Å². The number of aryl methyl sites for hydroxylation is 1. The van der Waals surface area contributed by atoms with Crippen molar-refractivity contribution >= 4 is 27.5 Å². The van der Waals surface area contributed by atoms with E-state index in [1.165, 1.54) is 18.6 Å². The smallest absolute Gasteiger partial charge is 0.319 e. The first-order valence-electron chi connectivity index (χ1n) is 16.3. The molecular formula is C35H41F2N5O2. The van der Waals surface area contributed by atoms with Gasteiger partial charge in [0, 0.05) is 24.8 Å². The number of aromatic nitrogens is 3. The third-order valence-corrected chi connectivity index (χ3v) is 10.2. The second-order valence-electron chi connectivity index (χ2n) is 12.9. The van der Waals surface area contributed by atoms with E-state index in [0.717, 1.165) is 71.1 Å². The van der Waals surface area contributed by atoms with Gasteiger partial charge in [0.2, 0.25) is 0 Å². The second-order valence-corrected chi connectivity index (χ2v) is 12.9. The molecule has 3 aliphatic rings. The molecule has 1 N–H and O–H groups in total. The van der Waals surface area contributed by atoms with Crippen LogP contribution in [0.15, 0.2) is 30.5 Å². The third-order valence-electron chi connectivity index (χ3n) is 10.2. The molecule has 2 aromatic heterocycles. The van der Waals surface area contributed by atoms with Gasteiger partial charge in [-0.05, 0) is 105 Å². The largest absolute Gasteiger partial charge is 0.508 e. The molecule has 3 fully saturated rings. The Hall–Kier alpha value is -3.59. The van der Waals surface area contributed by atoms with E-state index in [9.17, 15) is 9.50 Å². The lowest BCUT2D eigenvalue weighted by atomic mass is 9.93. The minimum absolute atomic E-state index is 0.00111. The molecule has 7 nitrogen and oxygen atoms in total. The fourth-order valence-corrected chi connectivity index (χ4v) is 8.11. The average molecular weight is 602 g/mol. The van der Waals surface area contributed by atoms with Crippen LogP contribution in [0.1, 0.15) is 70.8 Å². The van der Waals surface area contributed by atoms with Gasteiger partial charge in [-0.25, -0.2) is 8.78 Å². The predicted octanol–water partition coefficient (Wildman–Crippen LogP) is 7.41. The van der Waals surface area contributed by atoms with Crippen molar-refractivity contribution in [2.45, 2.75) is 77.2 Å². The molecule has 0 bridgehead atoms. The first-order valence-corrected chi connectivity index (χ1v) is 16.3. The van der Waals surface area contributed by atoms with Crippen LogP contribution in [-0.4, -0.2) is 63.3 Å². The van der Waals surface area contributed by atoms with Crippen molar-refractivity contribution in [3.05, 3.63) is 47.7 Å². The Morgan fingerprint density at radius 2 is 1.86 bits per heavy atom. The number of nitrogens with zero attached hydrogens (tertiary/aromatic N) is 5. The Morgan fingerprint density at radius 3 is 2.64 bits per heavy atom. The lowest BCUT2D eigenvalue weighted by molar-refractivity contribution is 0.108. The number of anilines is 1. The van der Waals surface area contributed by atoms with Crippen molar-refractivity contribution in [3.8, 4) is 23.0 Å². The monoisotopic (exact) mass is 601 g/mol. The lowest BCUT2D eigenvalue weighted by Gasteiger charge is -2.34. The summed E-state index contributed by atoms with van der Waals surface area (Å²) in [7, 11) is 0. The number of pyridine rings is 1. The van der Waals surface area contributed by atoms with E-state index in [4.69, 9.17) is 9.72 Å². The van der Waals surface area contributed by atoms with Crippen molar-refractivity contribution in [2.75, 3.05) is 37.7 Å². The molecule has 5 heterocycles. The van der Waals surface area contributed by atoms with Crippen LogP contribution in [0.4, 0.5) is 14.6 Å². The van der Waals surface area contributed by atoms with Crippen LogP contribution in [0.2, 0.25) is 0 Å². The van der Waals surface area contributed by atoms with E-state index in [1.807, 2.05) is 6.92 Å². The molecule has 1 atom stereocenters. The Morgan fingerprint density at radius 1 is 1.05 bits per heavy atom. The number of phenolic OH excluding ortho intramolecular Hbond substituents is 1. The minimum atomic E-state index is -0.627. The molecule has 9 heteroatoms. The zero-order valence-corrected chi connectivity index (χ0v) is 25.7. The minimum Gasteiger partial charge on any atom is -0.508 e. The fraction of sp³-hybridized carbons (Fsp3) is 0.514. The van der Waals surface area contributed by atoms with E-state index in [-0.39, 0.29) is 34.3 Å². The van der Waals surface area contributed by atoms with Gasteiger partial charge >= 0.3 is 6.01 Å². The molecule has 44 heavy (non-hydrogen) atoms. The van der Waals surface area contributed by atoms with E-state index in [2.05, 4.69) is 26.7 Å². The van der Waals surface area contributed by atoms with Gasteiger partial charge in [0.05, 0.1) is 10.9 Å². The maximum Gasteiger partial charge on any atom is 0.319 e. The first-order chi connectivity index (χ1) is 21.4. The second kappa shape index (κ2) is 11.7. The van der Waals surface area contributed by atoms with Crippen LogP contribution in [0, 0.1) is 17.6 Å². The van der Waals surface area contributed by atoms with Crippen LogP contribution in [0.3, 0.4) is 0 Å². The van der Waals surface area contributed by atoms with E-state index < -0.39 is 5.82 Å². The van der Waals surface area contributed by atoms with Crippen molar-refractivity contribution in [1.82, 2.24) is 19.9 Å². The molecule has 3 aliphatic heterocycles. The Balaban J connectivity index is 1.37. The highest BCUT2D eigenvalue weighted by Crippen LogP contribution is 2.41. The standard InChI is InChI=1S/C35H41F2N5O2/c1-3-8-22-9-5-14-41(20-22)33-27-19-38-31(26-18-24(43)17-23-10-11-28(36)25(4-2)29(23)26)30(37)32(27)39-34(40-33)44-21-35-12-6-15-42(35)16-7-13-35/h10-11,17-19,22,43H,3-9,12-16,20-21H2,1-2H3/t22-/m1/s1. The van der Waals surface area contributed by atoms with E-state index in [0.29, 0.717) is 52.0 Å². The first kappa shape index (κ1) is 29.1. The highest BCUT2D eigenvalue weighted by atomic mass is 19.1. The Kier molecular flexibility index (Phi) is 7.77. The molecule has 0 radical (unpaired) electrons. The van der Waals surface area contributed by atoms with Gasteiger partial charge < -0.3 is 14.7 Å². The fourth-order valence-electron chi connectivity index (χ4n) is 8.11. The molecule has 232 valence electrons. The zero-order chi connectivity index (χ0) is 30.4. The molecule has 4 aromatic rings. The normalized spacial score (nSPS) is 20.1. The van der Waals surface area contributed by atoms with Gasteiger partial charge in [-0.15, -0.1) is 0 Å². The number of ether oxygens (including phenoxy) is 1. The van der Waals surface area contributed by atoms with Gasteiger partial charge in [-0.2, -0.15) is 9.97 Å². The average Bonchev–Trinajstić information content (AvgIpc) is 3.61. The molecule has 7 rings (SSSR count). The summed E-state index contributed by atoms with van der Waals surface area (Å²) in [5, 5.41) is 12.3. The van der Waals surface area contributed by atoms with Crippen molar-refractivity contribution in [1.29, 1.82) is 0 Å². The Bertz CT molecular complexity index is 1700. The number of hydrogen-bond acceptors (Lipinski definition) is 7. The van der Waals surface area contributed by atoms with Crippen LogP contribution < -0.4 is 9.64 Å². The van der Waals surface area contributed by atoms with Crippen LogP contribution in [-0.2, 0) is 6.42 Å². The van der Waals surface area contributed by atoms with Crippen LogP contribution in [0.5, 0.6) is 11.8 Å². The molecule has 0 saturated carbocycles. The number of hydrogen-bond donors (Lipinski definition) is 1. The van der Waals surface area contributed by atoms with E-state index in [1.54, 1.807) is 18.3 Å². The van der Waals surface area contributed by atoms with Crippen molar-refractivity contribution in [3.63, 3.8) is 0 Å². The maximum absolute atomic E-state index is 16.8. The predicted molar refractivity (Wildman–Crippen MR) is 169 cm³/mol. The summed E-state index contributed by atoms with van der Waals surface area (Å²) >= 11 is 0. The Labute approximate surface area is 257 Å². The number of benzene rings is 2. The molecule has 0 unspecified atom stereocenters. The topological polar surface area (TPSA) is 74.6 Å². The summed E-state index contributed by atoms with van der Waals surface area (Å²) in [4.78, 5) is 19.0. The number of rotatable bonds is 8. The SMILES string of the molecule is CCC[C@@H]1CCCN(c2nc(OCC34CCCN3CCC4)nc3c(F)c(-c4cc(O)cc5ccc(F)c(CC)c45)ncc23)C1. The number of piperidine rings is 1. The quantitative estimate of drug-likeness (QED) is 0.225. The molecule has 0 spiro atoms. The van der Waals surface area contributed by atoms with Crippen LogP contribution >= 0.6 is 0 Å². The summed E-state index contributed by atoms with van der Waals surface area (Å²) in [6.07, 6.45) is 11.0. The molecular weight excluding hydrogens is 560 g/mol. The maximum atomic E-state index is 16.8. The highest BCUT2D eigenvalue weighted by molar-refractivity contribution is 6.01. The van der Waals surface area contributed by atoms with Crippen molar-refractivity contribution < 1.29 is 18.6 Å². The number of aromatic hydroxyl groups is 1. The van der Waals surface area contributed by atoms with Gasteiger partial charge in [-0.1, -0.05) is 26.3 Å². The molecule has 2 aromatic carbocycles. The summed E-state index contributed by atoms with van der Waals surface area (Å²) in [6.45, 7) is 8.39. The van der Waals surface area contributed by atoms with Gasteiger partial charge in [0.15, 0.2) is 5.82 Å². The van der Waals surface area contributed by atoms with Gasteiger partial charge in [-0.3, -0.25) is 9.88 Å². The van der Waals surface area contributed by atoms with Crippen molar-refractivity contribution in [2.24, 2.45) is 5.92 Å². The zero-order valence-electron chi connectivity index (χ0n) is 25.7. The number of halogens is 2. The third kappa shape index (κ3) is 5.03.